The third-order valence-electron chi connectivity index (χ3n) is 2.59. The molecule has 0 aromatic heterocycles. The molecule has 2 heteroatoms. The van der Waals surface area contributed by atoms with Gasteiger partial charge in [0, 0.05) is 0 Å². The van der Waals surface area contributed by atoms with E-state index in [-0.39, 0.29) is 0 Å². The van der Waals surface area contributed by atoms with Gasteiger partial charge < -0.3 is 4.74 Å². The molecule has 0 aliphatic heterocycles. The monoisotopic (exact) mass is 256 g/mol. The van der Waals surface area contributed by atoms with Crippen LogP contribution in [0.4, 0.5) is 0 Å². The zero-order valence-electron chi connectivity index (χ0n) is 11.3. The molecule has 2 aromatic carbocycles. The molecule has 0 atom stereocenters. The Morgan fingerprint density at radius 1 is 0.947 bits per heavy atom. The minimum atomic E-state index is 0.412. The molecule has 100 valence electrons. The number of rotatable bonds is 5. The van der Waals surface area contributed by atoms with E-state index in [0.717, 1.165) is 0 Å². The highest BCUT2D eigenvalue weighted by Gasteiger charge is 1.87. The van der Waals surface area contributed by atoms with Crippen molar-refractivity contribution in [2.24, 2.45) is 0 Å². The average Bonchev–Trinajstić information content (AvgIpc) is 2.48. The molecule has 0 radical (unpaired) electrons. The quantitative estimate of drug-likeness (QED) is 0.747. The van der Waals surface area contributed by atoms with Crippen molar-refractivity contribution in [1.82, 2.24) is 0 Å². The first kappa shape index (κ1) is 15.0. The van der Waals surface area contributed by atoms with Crippen molar-refractivity contribution in [3.8, 4) is 5.75 Å². The van der Waals surface area contributed by atoms with E-state index in [1.165, 1.54) is 24.8 Å². The summed E-state index contributed by atoms with van der Waals surface area (Å²) in [6, 6.07) is 19.6. The predicted octanol–water partition coefficient (Wildman–Crippen LogP) is 4.25. The lowest BCUT2D eigenvalue weighted by atomic mass is 10.1. The van der Waals surface area contributed by atoms with Gasteiger partial charge in [-0.1, -0.05) is 61.9 Å². The summed E-state index contributed by atoms with van der Waals surface area (Å²) in [5.41, 5.74) is 1.46. The summed E-state index contributed by atoms with van der Waals surface area (Å²) in [6.07, 6.45) is 3.83. The van der Waals surface area contributed by atoms with Gasteiger partial charge in [-0.05, 0) is 30.5 Å². The van der Waals surface area contributed by atoms with Gasteiger partial charge in [0.05, 0.1) is 0 Å². The summed E-state index contributed by atoms with van der Waals surface area (Å²) in [5.74, 6) is 0.576. The molecule has 0 saturated carbocycles. The van der Waals surface area contributed by atoms with Crippen molar-refractivity contribution >= 4 is 6.47 Å². The van der Waals surface area contributed by atoms with E-state index in [4.69, 9.17) is 0 Å². The number of hydrogen-bond donors (Lipinski definition) is 0. The molecule has 0 unspecified atom stereocenters. The lowest BCUT2D eigenvalue weighted by Gasteiger charge is -1.96. The Morgan fingerprint density at radius 2 is 1.53 bits per heavy atom. The first-order valence-corrected chi connectivity index (χ1v) is 6.56. The molecule has 0 heterocycles. The average molecular weight is 256 g/mol. The molecule has 0 saturated heterocycles. The fourth-order valence-electron chi connectivity index (χ4n) is 1.58. The molecule has 0 fully saturated rings. The molecule has 19 heavy (non-hydrogen) atoms. The maximum absolute atomic E-state index is 9.75. The molecule has 0 amide bonds. The number of carbonyl (C=O) groups excluding carboxylic acids is 1. The summed E-state index contributed by atoms with van der Waals surface area (Å²) in [7, 11) is 0. The predicted molar refractivity (Wildman–Crippen MR) is 78.2 cm³/mol. The van der Waals surface area contributed by atoms with E-state index >= 15 is 0 Å². The van der Waals surface area contributed by atoms with Crippen molar-refractivity contribution in [2.45, 2.75) is 26.2 Å². The van der Waals surface area contributed by atoms with Crippen LogP contribution in [0.3, 0.4) is 0 Å². The van der Waals surface area contributed by atoms with Gasteiger partial charge in [0.25, 0.3) is 6.47 Å². The van der Waals surface area contributed by atoms with Crippen LogP contribution in [0.5, 0.6) is 5.75 Å². The van der Waals surface area contributed by atoms with Gasteiger partial charge in [-0.15, -0.1) is 0 Å². The minimum Gasteiger partial charge on any atom is -0.429 e. The topological polar surface area (TPSA) is 26.3 Å². The third kappa shape index (κ3) is 7.04. The second-order valence-electron chi connectivity index (χ2n) is 4.12. The van der Waals surface area contributed by atoms with Crippen LogP contribution < -0.4 is 4.74 Å². The second-order valence-corrected chi connectivity index (χ2v) is 4.12. The summed E-state index contributed by atoms with van der Waals surface area (Å²) in [5, 5.41) is 0. The molecule has 0 aliphatic rings. The number of carbonyl (C=O) groups is 1. The van der Waals surface area contributed by atoms with Crippen molar-refractivity contribution in [2.75, 3.05) is 0 Å². The Balaban J connectivity index is 0.000000191. The van der Waals surface area contributed by atoms with Gasteiger partial charge in [-0.25, -0.2) is 0 Å². The van der Waals surface area contributed by atoms with Crippen LogP contribution in [0, 0.1) is 0 Å². The fraction of sp³-hybridized carbons (Fsp3) is 0.235. The number of unbranched alkanes of at least 4 members (excludes halogenated alkanes) is 1. The van der Waals surface area contributed by atoms with E-state index in [1.807, 2.05) is 6.07 Å². The summed E-state index contributed by atoms with van der Waals surface area (Å²) in [6.45, 7) is 2.64. The maximum Gasteiger partial charge on any atom is 0.298 e. The highest BCUT2D eigenvalue weighted by Crippen LogP contribution is 2.06. The SMILES string of the molecule is CCCCc1ccccc1.O=COc1ccccc1. The number of hydrogen-bond acceptors (Lipinski definition) is 2. The van der Waals surface area contributed by atoms with Crippen molar-refractivity contribution < 1.29 is 9.53 Å². The van der Waals surface area contributed by atoms with Gasteiger partial charge in [-0.2, -0.15) is 0 Å². The summed E-state index contributed by atoms with van der Waals surface area (Å²) in [4.78, 5) is 9.75. The molecule has 2 nitrogen and oxygen atoms in total. The van der Waals surface area contributed by atoms with Gasteiger partial charge in [0.15, 0.2) is 0 Å². The third-order valence-corrected chi connectivity index (χ3v) is 2.59. The minimum absolute atomic E-state index is 0.412. The lowest BCUT2D eigenvalue weighted by Crippen LogP contribution is -1.85. The number of benzene rings is 2. The molecular weight excluding hydrogens is 236 g/mol. The highest BCUT2D eigenvalue weighted by atomic mass is 16.5. The highest BCUT2D eigenvalue weighted by molar-refractivity contribution is 5.44. The maximum atomic E-state index is 9.75. The van der Waals surface area contributed by atoms with Crippen LogP contribution in [0.25, 0.3) is 0 Å². The normalized spacial score (nSPS) is 9.11. The Kier molecular flexibility index (Phi) is 7.79. The van der Waals surface area contributed by atoms with Crippen molar-refractivity contribution in [1.29, 1.82) is 0 Å². The van der Waals surface area contributed by atoms with E-state index in [1.54, 1.807) is 24.3 Å². The number of ether oxygens (including phenoxy) is 1. The molecule has 0 aliphatic carbocycles. The Bertz CT molecular complexity index is 437. The first-order chi connectivity index (χ1) is 9.36. The molecular formula is C17H20O2. The summed E-state index contributed by atoms with van der Waals surface area (Å²) >= 11 is 0. The Hall–Kier alpha value is -2.09. The van der Waals surface area contributed by atoms with Crippen LogP contribution in [0.15, 0.2) is 60.7 Å². The number of aryl methyl sites for hydroxylation is 1. The van der Waals surface area contributed by atoms with Crippen LogP contribution in [-0.2, 0) is 11.2 Å². The zero-order valence-corrected chi connectivity index (χ0v) is 11.3. The van der Waals surface area contributed by atoms with Crippen LogP contribution in [0.1, 0.15) is 25.3 Å². The Morgan fingerprint density at radius 3 is 2.05 bits per heavy atom. The summed E-state index contributed by atoms with van der Waals surface area (Å²) < 4.78 is 4.53. The van der Waals surface area contributed by atoms with Crippen molar-refractivity contribution in [3.63, 3.8) is 0 Å². The lowest BCUT2D eigenvalue weighted by molar-refractivity contribution is -0.120. The largest absolute Gasteiger partial charge is 0.429 e. The van der Waals surface area contributed by atoms with Gasteiger partial charge >= 0.3 is 0 Å². The molecule has 0 N–H and O–H groups in total. The van der Waals surface area contributed by atoms with Crippen molar-refractivity contribution in [3.05, 3.63) is 66.2 Å². The van der Waals surface area contributed by atoms with Crippen LogP contribution >= 0.6 is 0 Å². The molecule has 0 spiro atoms. The van der Waals surface area contributed by atoms with Crippen LogP contribution in [0.2, 0.25) is 0 Å². The first-order valence-electron chi connectivity index (χ1n) is 6.56. The van der Waals surface area contributed by atoms with Crippen LogP contribution in [-0.4, -0.2) is 6.47 Å². The van der Waals surface area contributed by atoms with Gasteiger partial charge in [0.2, 0.25) is 0 Å². The van der Waals surface area contributed by atoms with E-state index in [9.17, 15) is 4.79 Å². The standard InChI is InChI=1S/C10H14.C7H6O2/c1-2-3-7-10-8-5-4-6-9-10;8-6-9-7-4-2-1-3-5-7/h4-6,8-9H,2-3,7H2,1H3;1-6H. The smallest absolute Gasteiger partial charge is 0.298 e. The van der Waals surface area contributed by atoms with E-state index < -0.39 is 0 Å². The fourth-order valence-corrected chi connectivity index (χ4v) is 1.58. The van der Waals surface area contributed by atoms with Gasteiger partial charge in [-0.3, -0.25) is 4.79 Å². The Labute approximate surface area is 115 Å². The zero-order chi connectivity index (χ0) is 13.8. The molecule has 2 rings (SSSR count). The second kappa shape index (κ2) is 9.89. The van der Waals surface area contributed by atoms with E-state index in [0.29, 0.717) is 12.2 Å². The molecule has 2 aromatic rings. The van der Waals surface area contributed by atoms with Gasteiger partial charge in [0.1, 0.15) is 5.75 Å². The number of para-hydroxylation sites is 1. The molecule has 0 bridgehead atoms. The van der Waals surface area contributed by atoms with E-state index in [2.05, 4.69) is 42.0 Å².